The van der Waals surface area contributed by atoms with Crippen LogP contribution in [-0.2, 0) is 9.59 Å². The minimum absolute atomic E-state index is 0.0445. The summed E-state index contributed by atoms with van der Waals surface area (Å²) in [5.41, 5.74) is 0.421. The van der Waals surface area contributed by atoms with Crippen LogP contribution in [0.3, 0.4) is 0 Å². The lowest BCUT2D eigenvalue weighted by Gasteiger charge is -2.31. The first-order chi connectivity index (χ1) is 13.0. The zero-order valence-electron chi connectivity index (χ0n) is 15.6. The maximum Gasteiger partial charge on any atom is 0.251 e. The number of nitrogens with zero attached hydrogens (tertiary/aromatic N) is 1. The first-order valence-electron chi connectivity index (χ1n) is 9.30. The van der Waals surface area contributed by atoms with Gasteiger partial charge in [-0.1, -0.05) is 24.6 Å². The quantitative estimate of drug-likeness (QED) is 0.617. The molecule has 1 fully saturated rings. The van der Waals surface area contributed by atoms with Crippen molar-refractivity contribution in [3.05, 3.63) is 34.9 Å². The molecule has 27 heavy (non-hydrogen) atoms. The molecule has 1 aliphatic heterocycles. The Morgan fingerprint density at radius 2 is 1.89 bits per heavy atom. The fraction of sp³-hybridized carbons (Fsp3) is 0.526. The lowest BCUT2D eigenvalue weighted by molar-refractivity contribution is -0.123. The lowest BCUT2D eigenvalue weighted by atomic mass is 10.0. The Hall–Kier alpha value is -2.12. The number of hydrogen-bond acceptors (Lipinski definition) is 4. The molecule has 3 N–H and O–H groups in total. The van der Waals surface area contributed by atoms with Crippen LogP contribution in [0.2, 0.25) is 5.02 Å². The van der Waals surface area contributed by atoms with Gasteiger partial charge in [-0.25, -0.2) is 0 Å². The summed E-state index contributed by atoms with van der Waals surface area (Å²) in [6.45, 7) is 4.57. The lowest BCUT2D eigenvalue weighted by Crippen LogP contribution is -2.49. The molecular formula is C19H27ClN4O3. The van der Waals surface area contributed by atoms with Crippen LogP contribution in [0.1, 0.15) is 36.5 Å². The van der Waals surface area contributed by atoms with Gasteiger partial charge in [0.05, 0.1) is 13.1 Å². The molecule has 0 aromatic heterocycles. The van der Waals surface area contributed by atoms with Crippen LogP contribution < -0.4 is 16.0 Å². The molecule has 0 unspecified atom stereocenters. The van der Waals surface area contributed by atoms with E-state index >= 15 is 0 Å². The Labute approximate surface area is 164 Å². The van der Waals surface area contributed by atoms with Crippen molar-refractivity contribution in [2.75, 3.05) is 32.7 Å². The second kappa shape index (κ2) is 10.9. The average molecular weight is 395 g/mol. The maximum atomic E-state index is 12.1. The zero-order chi connectivity index (χ0) is 19.6. The summed E-state index contributed by atoms with van der Waals surface area (Å²) in [6, 6.07) is 6.64. The summed E-state index contributed by atoms with van der Waals surface area (Å²) in [6.07, 6.45) is 2.50. The molecule has 148 valence electrons. The third-order valence-corrected chi connectivity index (χ3v) is 4.62. The van der Waals surface area contributed by atoms with E-state index in [1.165, 1.54) is 0 Å². The highest BCUT2D eigenvalue weighted by Crippen LogP contribution is 2.11. The molecule has 1 aromatic carbocycles. The number of amides is 3. The molecule has 8 heteroatoms. The second-order valence-electron chi connectivity index (χ2n) is 6.66. The van der Waals surface area contributed by atoms with Crippen LogP contribution in [0.25, 0.3) is 0 Å². The average Bonchev–Trinajstić information content (AvgIpc) is 2.66. The van der Waals surface area contributed by atoms with Crippen LogP contribution in [-0.4, -0.2) is 61.4 Å². The Balaban J connectivity index is 1.65. The van der Waals surface area contributed by atoms with Crippen LogP contribution in [0, 0.1) is 0 Å². The summed E-state index contributed by atoms with van der Waals surface area (Å²) in [4.78, 5) is 37.9. The summed E-state index contributed by atoms with van der Waals surface area (Å²) in [5.74, 6) is -0.506. The fourth-order valence-electron chi connectivity index (χ4n) is 2.93. The molecular weight excluding hydrogens is 368 g/mol. The number of rotatable bonds is 8. The van der Waals surface area contributed by atoms with E-state index in [2.05, 4.69) is 20.9 Å². The van der Waals surface area contributed by atoms with E-state index in [0.29, 0.717) is 23.7 Å². The molecule has 0 radical (unpaired) electrons. The van der Waals surface area contributed by atoms with E-state index in [9.17, 15) is 14.4 Å². The van der Waals surface area contributed by atoms with Crippen LogP contribution in [0.15, 0.2) is 24.3 Å². The van der Waals surface area contributed by atoms with Crippen LogP contribution in [0.5, 0.6) is 0 Å². The highest BCUT2D eigenvalue weighted by atomic mass is 35.5. The van der Waals surface area contributed by atoms with Crippen LogP contribution in [0.4, 0.5) is 0 Å². The number of likely N-dealkylation sites (tertiary alicyclic amines) is 1. The normalized spacial score (nSPS) is 15.2. The van der Waals surface area contributed by atoms with Crippen molar-refractivity contribution in [3.63, 3.8) is 0 Å². The highest BCUT2D eigenvalue weighted by Gasteiger charge is 2.22. The standard InChI is InChI=1S/C19H27ClN4O3/c1-2-8-21-18(26)13-24-9-6-16(7-10-24)23-17(25)12-22-19(27)14-4-3-5-15(20)11-14/h3-5,11,16H,2,6-10,12-13H2,1H3,(H,21,26)(H,22,27)(H,23,25). The van der Waals surface area contributed by atoms with Crippen molar-refractivity contribution >= 4 is 29.3 Å². The molecule has 0 spiro atoms. The highest BCUT2D eigenvalue weighted by molar-refractivity contribution is 6.30. The van der Waals surface area contributed by atoms with Gasteiger partial charge in [0.15, 0.2) is 0 Å². The van der Waals surface area contributed by atoms with E-state index < -0.39 is 0 Å². The molecule has 0 saturated carbocycles. The number of carbonyl (C=O) groups excluding carboxylic acids is 3. The molecule has 2 rings (SSSR count). The third-order valence-electron chi connectivity index (χ3n) is 4.39. The van der Waals surface area contributed by atoms with Crippen molar-refractivity contribution < 1.29 is 14.4 Å². The number of piperidine rings is 1. The number of halogens is 1. The zero-order valence-corrected chi connectivity index (χ0v) is 16.3. The Morgan fingerprint density at radius 3 is 2.56 bits per heavy atom. The first-order valence-corrected chi connectivity index (χ1v) is 9.68. The largest absolute Gasteiger partial charge is 0.355 e. The maximum absolute atomic E-state index is 12.1. The van der Waals surface area contributed by atoms with Gasteiger partial charge in [0.2, 0.25) is 11.8 Å². The summed E-state index contributed by atoms with van der Waals surface area (Å²) >= 11 is 5.86. The number of hydrogen-bond donors (Lipinski definition) is 3. The molecule has 1 aliphatic rings. The molecule has 7 nitrogen and oxygen atoms in total. The van der Waals surface area contributed by atoms with Gasteiger partial charge in [0.1, 0.15) is 0 Å². The molecule has 0 bridgehead atoms. The molecule has 1 aromatic rings. The first kappa shape index (κ1) is 21.2. The summed E-state index contributed by atoms with van der Waals surface area (Å²) in [7, 11) is 0. The van der Waals surface area contributed by atoms with Gasteiger partial charge in [-0.3, -0.25) is 19.3 Å². The van der Waals surface area contributed by atoms with Crippen molar-refractivity contribution in [1.82, 2.24) is 20.9 Å². The summed E-state index contributed by atoms with van der Waals surface area (Å²) in [5, 5.41) is 8.88. The predicted molar refractivity (Wildman–Crippen MR) is 105 cm³/mol. The fourth-order valence-corrected chi connectivity index (χ4v) is 3.12. The van der Waals surface area contributed by atoms with E-state index in [1.807, 2.05) is 6.92 Å². The van der Waals surface area contributed by atoms with E-state index in [-0.39, 0.29) is 30.3 Å². The van der Waals surface area contributed by atoms with E-state index in [1.54, 1.807) is 24.3 Å². The van der Waals surface area contributed by atoms with Crippen molar-refractivity contribution in [2.45, 2.75) is 32.2 Å². The van der Waals surface area contributed by atoms with Crippen molar-refractivity contribution in [3.8, 4) is 0 Å². The van der Waals surface area contributed by atoms with Crippen molar-refractivity contribution in [1.29, 1.82) is 0 Å². The van der Waals surface area contributed by atoms with Gasteiger partial charge >= 0.3 is 0 Å². The Morgan fingerprint density at radius 1 is 1.15 bits per heavy atom. The Bertz CT molecular complexity index is 660. The Kier molecular flexibility index (Phi) is 8.54. The topological polar surface area (TPSA) is 90.5 Å². The van der Waals surface area contributed by atoms with Crippen molar-refractivity contribution in [2.24, 2.45) is 0 Å². The SMILES string of the molecule is CCCNC(=O)CN1CCC(NC(=O)CNC(=O)c2cccc(Cl)c2)CC1. The summed E-state index contributed by atoms with van der Waals surface area (Å²) < 4.78 is 0. The molecule has 0 aliphatic carbocycles. The van der Waals surface area contributed by atoms with Gasteiger partial charge < -0.3 is 16.0 Å². The van der Waals surface area contributed by atoms with Gasteiger partial charge in [-0.15, -0.1) is 0 Å². The number of carbonyl (C=O) groups is 3. The number of benzene rings is 1. The van der Waals surface area contributed by atoms with Gasteiger partial charge in [0.25, 0.3) is 5.91 Å². The smallest absolute Gasteiger partial charge is 0.251 e. The minimum atomic E-state index is -0.333. The van der Waals surface area contributed by atoms with E-state index in [4.69, 9.17) is 11.6 Å². The molecule has 3 amide bonds. The van der Waals surface area contributed by atoms with Crippen LogP contribution >= 0.6 is 11.6 Å². The molecule has 1 saturated heterocycles. The monoisotopic (exact) mass is 394 g/mol. The molecule has 1 heterocycles. The minimum Gasteiger partial charge on any atom is -0.355 e. The number of nitrogens with one attached hydrogen (secondary N) is 3. The van der Waals surface area contributed by atoms with E-state index in [0.717, 1.165) is 32.4 Å². The van der Waals surface area contributed by atoms with Gasteiger partial charge in [-0.2, -0.15) is 0 Å². The predicted octanol–water partition coefficient (Wildman–Crippen LogP) is 1.18. The third kappa shape index (κ3) is 7.56. The van der Waals surface area contributed by atoms with Gasteiger partial charge in [-0.05, 0) is 37.5 Å². The molecule has 0 atom stereocenters. The second-order valence-corrected chi connectivity index (χ2v) is 7.10. The van der Waals surface area contributed by atoms with Gasteiger partial charge in [0, 0.05) is 36.3 Å².